The van der Waals surface area contributed by atoms with E-state index in [1.165, 1.54) is 4.90 Å². The molecule has 0 saturated carbocycles. The van der Waals surface area contributed by atoms with Crippen LogP contribution in [0.4, 0.5) is 5.69 Å². The zero-order chi connectivity index (χ0) is 17.8. The smallest absolute Gasteiger partial charge is 0.268 e. The molecule has 2 aromatic rings. The third kappa shape index (κ3) is 4.02. The zero-order valence-corrected chi connectivity index (χ0v) is 14.4. The molecule has 1 aliphatic heterocycles. The van der Waals surface area contributed by atoms with Gasteiger partial charge in [-0.15, -0.1) is 0 Å². The normalized spacial score (nSPS) is 17.6. The summed E-state index contributed by atoms with van der Waals surface area (Å²) in [4.78, 5) is 26.3. The van der Waals surface area contributed by atoms with Gasteiger partial charge in [0, 0.05) is 12.5 Å². The summed E-state index contributed by atoms with van der Waals surface area (Å²) in [6.07, 6.45) is 2.56. The average Bonchev–Trinajstić information content (AvgIpc) is 3.10. The number of benzene rings is 1. The molecule has 1 N–H and O–H groups in total. The first-order chi connectivity index (χ1) is 12.0. The van der Waals surface area contributed by atoms with Crippen LogP contribution in [0.3, 0.4) is 0 Å². The molecule has 2 heterocycles. The van der Waals surface area contributed by atoms with E-state index in [-0.39, 0.29) is 24.4 Å². The lowest BCUT2D eigenvalue weighted by Crippen LogP contribution is -2.49. The van der Waals surface area contributed by atoms with Gasteiger partial charge < -0.3 is 14.5 Å². The molecule has 0 fully saturated rings. The molecule has 0 bridgehead atoms. The number of furan rings is 1. The minimum Gasteiger partial charge on any atom is -0.479 e. The Labute approximate surface area is 146 Å². The third-order valence-electron chi connectivity index (χ3n) is 4.19. The Balaban J connectivity index is 1.59. The van der Waals surface area contributed by atoms with Crippen molar-refractivity contribution in [3.8, 4) is 5.75 Å². The van der Waals surface area contributed by atoms with Crippen molar-refractivity contribution in [2.45, 2.75) is 38.8 Å². The highest BCUT2D eigenvalue weighted by Gasteiger charge is 2.32. The van der Waals surface area contributed by atoms with Crippen molar-refractivity contribution in [1.29, 1.82) is 0 Å². The van der Waals surface area contributed by atoms with Crippen molar-refractivity contribution in [2.24, 2.45) is 0 Å². The van der Waals surface area contributed by atoms with E-state index in [0.717, 1.165) is 18.6 Å². The van der Waals surface area contributed by atoms with E-state index < -0.39 is 6.10 Å². The summed E-state index contributed by atoms with van der Waals surface area (Å²) < 4.78 is 10.9. The SMILES string of the molecule is CC(CCc1ccco1)NC(=O)CN1C(=O)C(C)Oc2ccccc21. The van der Waals surface area contributed by atoms with Gasteiger partial charge in [0.05, 0.1) is 12.0 Å². The lowest BCUT2D eigenvalue weighted by Gasteiger charge is -2.32. The summed E-state index contributed by atoms with van der Waals surface area (Å²) in [5.41, 5.74) is 0.629. The van der Waals surface area contributed by atoms with Gasteiger partial charge in [-0.3, -0.25) is 14.5 Å². The van der Waals surface area contributed by atoms with Crippen molar-refractivity contribution in [3.63, 3.8) is 0 Å². The largest absolute Gasteiger partial charge is 0.479 e. The van der Waals surface area contributed by atoms with Gasteiger partial charge in [0.1, 0.15) is 18.1 Å². The second-order valence-corrected chi connectivity index (χ2v) is 6.24. The molecule has 0 aliphatic carbocycles. The first-order valence-electron chi connectivity index (χ1n) is 8.43. The van der Waals surface area contributed by atoms with Crippen LogP contribution in [-0.2, 0) is 16.0 Å². The number of anilines is 1. The van der Waals surface area contributed by atoms with Crippen LogP contribution in [0.25, 0.3) is 0 Å². The maximum Gasteiger partial charge on any atom is 0.268 e. The molecule has 6 nitrogen and oxygen atoms in total. The fourth-order valence-corrected chi connectivity index (χ4v) is 2.87. The lowest BCUT2D eigenvalue weighted by atomic mass is 10.1. The van der Waals surface area contributed by atoms with Gasteiger partial charge in [-0.2, -0.15) is 0 Å². The number of fused-ring (bicyclic) bond motifs is 1. The number of carbonyl (C=O) groups excluding carboxylic acids is 2. The predicted molar refractivity (Wildman–Crippen MR) is 93.5 cm³/mol. The molecular weight excluding hydrogens is 320 g/mol. The molecule has 2 unspecified atom stereocenters. The highest BCUT2D eigenvalue weighted by molar-refractivity contribution is 6.03. The number of hydrogen-bond donors (Lipinski definition) is 1. The maximum absolute atomic E-state index is 12.4. The average molecular weight is 342 g/mol. The van der Waals surface area contributed by atoms with Crippen LogP contribution in [-0.4, -0.2) is 30.5 Å². The Hall–Kier alpha value is -2.76. The quantitative estimate of drug-likeness (QED) is 0.876. The number of hydrogen-bond acceptors (Lipinski definition) is 4. The summed E-state index contributed by atoms with van der Waals surface area (Å²) in [6, 6.07) is 11.0. The Morgan fingerprint density at radius 3 is 2.84 bits per heavy atom. The Kier molecular flexibility index (Phi) is 5.07. The second-order valence-electron chi connectivity index (χ2n) is 6.24. The minimum absolute atomic E-state index is 0.0126. The van der Waals surface area contributed by atoms with Crippen molar-refractivity contribution >= 4 is 17.5 Å². The number of rotatable bonds is 6. The predicted octanol–water partition coefficient (Wildman–Crippen LogP) is 2.53. The van der Waals surface area contributed by atoms with Gasteiger partial charge in [-0.25, -0.2) is 0 Å². The molecule has 1 aromatic heterocycles. The van der Waals surface area contributed by atoms with Gasteiger partial charge in [-0.05, 0) is 44.5 Å². The number of ether oxygens (including phenoxy) is 1. The molecule has 3 rings (SSSR count). The summed E-state index contributed by atoms with van der Waals surface area (Å²) in [5.74, 6) is 1.11. The molecule has 0 saturated heterocycles. The number of aryl methyl sites for hydroxylation is 1. The van der Waals surface area contributed by atoms with Crippen LogP contribution >= 0.6 is 0 Å². The summed E-state index contributed by atoms with van der Waals surface area (Å²) in [6.45, 7) is 3.61. The van der Waals surface area contributed by atoms with E-state index in [1.54, 1.807) is 25.3 Å². The van der Waals surface area contributed by atoms with E-state index in [1.807, 2.05) is 31.2 Å². The first-order valence-corrected chi connectivity index (χ1v) is 8.43. The van der Waals surface area contributed by atoms with Crippen LogP contribution in [0.15, 0.2) is 47.1 Å². The van der Waals surface area contributed by atoms with E-state index in [2.05, 4.69) is 5.32 Å². The summed E-state index contributed by atoms with van der Waals surface area (Å²) in [7, 11) is 0. The number of para-hydroxylation sites is 2. The zero-order valence-electron chi connectivity index (χ0n) is 14.4. The first kappa shape index (κ1) is 17.1. The molecule has 2 atom stereocenters. The topological polar surface area (TPSA) is 71.8 Å². The molecule has 2 amide bonds. The van der Waals surface area contributed by atoms with E-state index in [4.69, 9.17) is 9.15 Å². The second kappa shape index (κ2) is 7.42. The van der Waals surface area contributed by atoms with Crippen LogP contribution < -0.4 is 15.0 Å². The fraction of sp³-hybridized carbons (Fsp3) is 0.368. The lowest BCUT2D eigenvalue weighted by molar-refractivity contribution is -0.128. The molecule has 0 spiro atoms. The maximum atomic E-state index is 12.4. The molecular formula is C19H22N2O4. The van der Waals surface area contributed by atoms with Crippen molar-refractivity contribution in [3.05, 3.63) is 48.4 Å². The van der Waals surface area contributed by atoms with Gasteiger partial charge in [0.2, 0.25) is 5.91 Å². The van der Waals surface area contributed by atoms with E-state index >= 15 is 0 Å². The number of amides is 2. The van der Waals surface area contributed by atoms with Crippen LogP contribution in [0.5, 0.6) is 5.75 Å². The van der Waals surface area contributed by atoms with Crippen LogP contribution in [0.2, 0.25) is 0 Å². The van der Waals surface area contributed by atoms with Crippen molar-refractivity contribution in [2.75, 3.05) is 11.4 Å². The Morgan fingerprint density at radius 1 is 1.28 bits per heavy atom. The molecule has 0 radical (unpaired) electrons. The standard InChI is InChI=1S/C19H22N2O4/c1-13(9-10-15-6-5-11-24-15)20-18(22)12-21-16-7-3-4-8-17(16)25-14(2)19(21)23/h3-8,11,13-14H,9-10,12H2,1-2H3,(H,20,22). The van der Waals surface area contributed by atoms with Gasteiger partial charge in [0.25, 0.3) is 5.91 Å². The molecule has 132 valence electrons. The molecule has 25 heavy (non-hydrogen) atoms. The fourth-order valence-electron chi connectivity index (χ4n) is 2.87. The number of nitrogens with one attached hydrogen (secondary N) is 1. The minimum atomic E-state index is -0.598. The van der Waals surface area contributed by atoms with Gasteiger partial charge in [0.15, 0.2) is 6.10 Å². The molecule has 6 heteroatoms. The van der Waals surface area contributed by atoms with Crippen LogP contribution in [0, 0.1) is 0 Å². The van der Waals surface area contributed by atoms with E-state index in [9.17, 15) is 9.59 Å². The number of nitrogens with zero attached hydrogens (tertiary/aromatic N) is 1. The van der Waals surface area contributed by atoms with Gasteiger partial charge in [-0.1, -0.05) is 12.1 Å². The van der Waals surface area contributed by atoms with Gasteiger partial charge >= 0.3 is 0 Å². The monoisotopic (exact) mass is 342 g/mol. The Morgan fingerprint density at radius 2 is 2.08 bits per heavy atom. The van der Waals surface area contributed by atoms with Crippen molar-refractivity contribution < 1.29 is 18.7 Å². The molecule has 1 aliphatic rings. The molecule has 1 aromatic carbocycles. The van der Waals surface area contributed by atoms with Crippen LogP contribution in [0.1, 0.15) is 26.0 Å². The highest BCUT2D eigenvalue weighted by Crippen LogP contribution is 2.33. The summed E-state index contributed by atoms with van der Waals surface area (Å²) >= 11 is 0. The van der Waals surface area contributed by atoms with E-state index in [0.29, 0.717) is 11.4 Å². The van der Waals surface area contributed by atoms with Crippen molar-refractivity contribution in [1.82, 2.24) is 5.32 Å². The number of carbonyl (C=O) groups is 2. The third-order valence-corrected chi connectivity index (χ3v) is 4.19. The summed E-state index contributed by atoms with van der Waals surface area (Å²) in [5, 5.41) is 2.94. The Bertz CT molecular complexity index is 742. The highest BCUT2D eigenvalue weighted by atomic mass is 16.5.